The molecule has 1 saturated heterocycles. The number of alkyl halides is 4. The molecule has 2 aromatic rings. The van der Waals surface area contributed by atoms with Gasteiger partial charge in [-0.2, -0.15) is 18.4 Å². The van der Waals surface area contributed by atoms with Crippen LogP contribution in [0.25, 0.3) is 0 Å². The Bertz CT molecular complexity index is 1330. The molecule has 4 aliphatic rings. The Balaban J connectivity index is 1.60. The first-order valence-electron chi connectivity index (χ1n) is 13.3. The molecule has 1 aromatic heterocycles. The highest BCUT2D eigenvalue weighted by Crippen LogP contribution is 2.61. The minimum Gasteiger partial charge on any atom is -0.440 e. The van der Waals surface area contributed by atoms with E-state index in [4.69, 9.17) is 14.5 Å². The first-order valence-corrected chi connectivity index (χ1v) is 14.5. The zero-order valence-corrected chi connectivity index (χ0v) is 23.6. The number of benzene rings is 1. The van der Waals surface area contributed by atoms with Gasteiger partial charge in [-0.3, -0.25) is 4.98 Å². The van der Waals surface area contributed by atoms with Gasteiger partial charge in [0.15, 0.2) is 6.10 Å². The third kappa shape index (κ3) is 3.93. The van der Waals surface area contributed by atoms with Crippen LogP contribution in [0.15, 0.2) is 18.2 Å². The minimum absolute atomic E-state index is 0.0409. The summed E-state index contributed by atoms with van der Waals surface area (Å²) in [7, 11) is 0. The predicted octanol–water partition coefficient (Wildman–Crippen LogP) is 6.52. The average molecular weight is 639 g/mol. The van der Waals surface area contributed by atoms with Crippen molar-refractivity contribution in [1.82, 2.24) is 4.98 Å². The van der Waals surface area contributed by atoms with Gasteiger partial charge in [0.1, 0.15) is 11.7 Å². The maximum Gasteiger partial charge on any atom is 0.417 e. The van der Waals surface area contributed by atoms with Crippen molar-refractivity contribution in [3.05, 3.63) is 63.0 Å². The Labute approximate surface area is 233 Å². The molecule has 2 N–H and O–H groups in total. The van der Waals surface area contributed by atoms with Crippen molar-refractivity contribution in [2.75, 3.05) is 13.2 Å². The molecule has 4 atom stereocenters. The Morgan fingerprint density at radius 2 is 1.97 bits per heavy atom. The standard InChI is InChI=1S/C29H30F3IN2O3/c1-15(2)25-23-24(22-19(35-25)11-27(6-3-7-27)12-20(22)36)28(8-9-37-14-21(28)33)38-26(23)16-4-5-18(29(30,31)32)17(10-16)13-34/h4-5,10,15,20-21,26,36H,3,6-9,11-12,14H2,1-2H3/p+1/t20-,21?,26+,28?/m0/s1. The highest BCUT2D eigenvalue weighted by atomic mass is 127. The number of nitriles is 1. The van der Waals surface area contributed by atoms with Crippen molar-refractivity contribution >= 4 is 22.6 Å². The number of pyridine rings is 1. The van der Waals surface area contributed by atoms with Gasteiger partial charge in [-0.25, -0.2) is 0 Å². The molecule has 9 heteroatoms. The Morgan fingerprint density at radius 1 is 1.21 bits per heavy atom. The monoisotopic (exact) mass is 639 g/mol. The van der Waals surface area contributed by atoms with E-state index in [0.29, 0.717) is 25.2 Å². The van der Waals surface area contributed by atoms with Gasteiger partial charge in [-0.15, -0.1) is 0 Å². The summed E-state index contributed by atoms with van der Waals surface area (Å²) in [6, 6.07) is 5.49. The highest BCUT2D eigenvalue weighted by Gasteiger charge is 2.57. The molecule has 38 heavy (non-hydrogen) atoms. The molecule has 1 saturated carbocycles. The van der Waals surface area contributed by atoms with Crippen LogP contribution in [0, 0.1) is 16.7 Å². The van der Waals surface area contributed by atoms with Crippen LogP contribution in [-0.4, -0.2) is 27.2 Å². The third-order valence-electron chi connectivity index (χ3n) is 9.04. The van der Waals surface area contributed by atoms with Gasteiger partial charge in [-0.05, 0) is 48.3 Å². The fraction of sp³-hybridized carbons (Fsp3) is 0.586. The van der Waals surface area contributed by atoms with Gasteiger partial charge in [-0.1, -0.05) is 48.9 Å². The van der Waals surface area contributed by atoms with Crippen LogP contribution in [0.3, 0.4) is 0 Å². The molecule has 2 aliphatic heterocycles. The molecule has 0 radical (unpaired) electrons. The van der Waals surface area contributed by atoms with Crippen LogP contribution >= 0.6 is 22.6 Å². The zero-order chi connectivity index (χ0) is 27.0. The van der Waals surface area contributed by atoms with E-state index < -0.39 is 35.1 Å². The van der Waals surface area contributed by atoms with Gasteiger partial charge in [0.25, 0.3) is 0 Å². The fourth-order valence-corrected chi connectivity index (χ4v) is 8.14. The number of halogens is 4. The molecule has 202 valence electrons. The lowest BCUT2D eigenvalue weighted by Gasteiger charge is -2.47. The molecule has 2 spiro atoms. The number of aromatic nitrogens is 1. The molecule has 0 amide bonds. The van der Waals surface area contributed by atoms with Gasteiger partial charge in [0.2, 0.25) is 0 Å². The molecular formula is C29H31F3IN2O3+. The number of ether oxygens (including phenoxy) is 2. The van der Waals surface area contributed by atoms with E-state index in [9.17, 15) is 23.5 Å². The summed E-state index contributed by atoms with van der Waals surface area (Å²) in [5, 5.41) is 18.9. The lowest BCUT2D eigenvalue weighted by atomic mass is 9.58. The van der Waals surface area contributed by atoms with Crippen LogP contribution in [0.2, 0.25) is 0 Å². The van der Waals surface area contributed by atoms with Gasteiger partial charge < -0.3 is 14.6 Å². The maximum absolute atomic E-state index is 13.6. The smallest absolute Gasteiger partial charge is 0.417 e. The molecule has 0 bridgehead atoms. The summed E-state index contributed by atoms with van der Waals surface area (Å²) in [6.07, 6.45) is 0.0198. The summed E-state index contributed by atoms with van der Waals surface area (Å²) in [6.45, 7) is 5.15. The molecule has 3 heterocycles. The molecular weight excluding hydrogens is 608 g/mol. The topological polar surface area (TPSA) is 78.0 Å². The van der Waals surface area contributed by atoms with Crippen LogP contribution in [0.1, 0.15) is 109 Å². The second-order valence-corrected chi connectivity index (χ2v) is 13.2. The second-order valence-electron chi connectivity index (χ2n) is 11.7. The molecule has 2 aliphatic carbocycles. The molecule has 5 nitrogen and oxygen atoms in total. The third-order valence-corrected chi connectivity index (χ3v) is 10.4. The lowest BCUT2D eigenvalue weighted by molar-refractivity contribution is -0.137. The average Bonchev–Trinajstić information content (AvgIpc) is 3.18. The second kappa shape index (κ2) is 9.15. The fourth-order valence-electron chi connectivity index (χ4n) is 7.12. The number of fused-ring (bicyclic) bond motifs is 4. The van der Waals surface area contributed by atoms with E-state index in [0.717, 1.165) is 59.8 Å². The Hall–Kier alpha value is -1.74. The van der Waals surface area contributed by atoms with E-state index in [1.165, 1.54) is 18.6 Å². The summed E-state index contributed by atoms with van der Waals surface area (Å²) >= 11 is 2.37. The first-order chi connectivity index (χ1) is 18.0. The summed E-state index contributed by atoms with van der Waals surface area (Å²) < 4.78 is 53.5. The SMILES string of the molecule is CC(C)c1nc2c(c3c1[C@@H](c1ccc(C(F)(F)F)c(C#N)c1)OC31CCOCC1I)[C@@H]([OH2+])CC1(CCC1)C2. The van der Waals surface area contributed by atoms with Gasteiger partial charge >= 0.3 is 6.18 Å². The number of nitrogens with zero attached hydrogens (tertiary/aromatic N) is 2. The van der Waals surface area contributed by atoms with Gasteiger partial charge in [0, 0.05) is 36.3 Å². The first kappa shape index (κ1) is 26.5. The number of hydrogen-bond donors (Lipinski definition) is 0. The van der Waals surface area contributed by atoms with Crippen molar-refractivity contribution in [2.24, 2.45) is 5.41 Å². The molecule has 2 fully saturated rings. The van der Waals surface area contributed by atoms with Crippen molar-refractivity contribution in [1.29, 1.82) is 5.26 Å². The van der Waals surface area contributed by atoms with Crippen LogP contribution in [-0.2, 0) is 27.7 Å². The van der Waals surface area contributed by atoms with Crippen molar-refractivity contribution in [2.45, 2.75) is 86.2 Å². The zero-order valence-electron chi connectivity index (χ0n) is 21.4. The highest BCUT2D eigenvalue weighted by molar-refractivity contribution is 14.1. The predicted molar refractivity (Wildman–Crippen MR) is 143 cm³/mol. The normalized spacial score (nSPS) is 29.7. The van der Waals surface area contributed by atoms with Crippen molar-refractivity contribution < 1.29 is 27.8 Å². The van der Waals surface area contributed by atoms with E-state index in [2.05, 4.69) is 36.4 Å². The van der Waals surface area contributed by atoms with Crippen LogP contribution in [0.4, 0.5) is 13.2 Å². The summed E-state index contributed by atoms with van der Waals surface area (Å²) in [5.41, 5.74) is 3.34. The van der Waals surface area contributed by atoms with Crippen LogP contribution in [0.5, 0.6) is 0 Å². The summed E-state index contributed by atoms with van der Waals surface area (Å²) in [5.74, 6) is 0.0520. The largest absolute Gasteiger partial charge is 0.440 e. The summed E-state index contributed by atoms with van der Waals surface area (Å²) in [4.78, 5) is 5.21. The Kier molecular flexibility index (Phi) is 6.38. The number of hydrogen-bond acceptors (Lipinski definition) is 4. The van der Waals surface area contributed by atoms with E-state index in [1.807, 2.05) is 0 Å². The van der Waals surface area contributed by atoms with Crippen LogP contribution < -0.4 is 0 Å². The van der Waals surface area contributed by atoms with Crippen molar-refractivity contribution in [3.63, 3.8) is 0 Å². The van der Waals surface area contributed by atoms with E-state index >= 15 is 0 Å². The number of rotatable bonds is 2. The van der Waals surface area contributed by atoms with E-state index in [1.54, 1.807) is 6.07 Å². The molecule has 2 unspecified atom stereocenters. The molecule has 6 rings (SSSR count). The van der Waals surface area contributed by atoms with Gasteiger partial charge in [0.05, 0.1) is 39.0 Å². The lowest BCUT2D eigenvalue weighted by Crippen LogP contribution is -2.46. The maximum atomic E-state index is 13.6. The van der Waals surface area contributed by atoms with Crippen molar-refractivity contribution in [3.8, 4) is 6.07 Å². The minimum atomic E-state index is -4.62. The quantitative estimate of drug-likeness (QED) is 0.213. The molecule has 1 aromatic carbocycles. The Morgan fingerprint density at radius 3 is 2.58 bits per heavy atom. The van der Waals surface area contributed by atoms with E-state index in [-0.39, 0.29) is 15.3 Å².